The van der Waals surface area contributed by atoms with Crippen molar-refractivity contribution in [2.75, 3.05) is 11.4 Å². The summed E-state index contributed by atoms with van der Waals surface area (Å²) in [5.41, 5.74) is 9.42. The molecule has 1 saturated heterocycles. The van der Waals surface area contributed by atoms with Gasteiger partial charge < -0.3 is 15.4 Å². The van der Waals surface area contributed by atoms with E-state index in [2.05, 4.69) is 6.58 Å². The van der Waals surface area contributed by atoms with Gasteiger partial charge in [-0.1, -0.05) is 60.0 Å². The number of amides is 1. The third-order valence-electron chi connectivity index (χ3n) is 5.22. The van der Waals surface area contributed by atoms with E-state index < -0.39 is 0 Å². The summed E-state index contributed by atoms with van der Waals surface area (Å²) in [4.78, 5) is 14.5. The highest BCUT2D eigenvalue weighted by Crippen LogP contribution is 2.37. The number of hydrogen-bond donors (Lipinski definition) is 1. The van der Waals surface area contributed by atoms with E-state index in [0.717, 1.165) is 16.8 Å². The maximum atomic E-state index is 12.7. The topological polar surface area (TPSA) is 55.6 Å². The van der Waals surface area contributed by atoms with E-state index >= 15 is 0 Å². The lowest BCUT2D eigenvalue weighted by molar-refractivity contribution is -0.117. The van der Waals surface area contributed by atoms with Crippen LogP contribution in [0.15, 0.2) is 73.3 Å². The number of carbonyl (C=O) groups is 1. The first-order valence-electron chi connectivity index (χ1n) is 9.59. The highest BCUT2D eigenvalue weighted by molar-refractivity contribution is 6.34. The van der Waals surface area contributed by atoms with E-state index in [1.807, 2.05) is 48.5 Å². The molecule has 2 N–H and O–H groups in total. The highest BCUT2D eigenvalue weighted by Gasteiger charge is 2.32. The molecule has 1 aliphatic heterocycles. The molecule has 0 bridgehead atoms. The van der Waals surface area contributed by atoms with Crippen LogP contribution in [0.5, 0.6) is 11.5 Å². The number of anilines is 1. The molecule has 0 unspecified atom stereocenters. The molecule has 4 nitrogen and oxygen atoms in total. The van der Waals surface area contributed by atoms with Gasteiger partial charge in [0.15, 0.2) is 0 Å². The summed E-state index contributed by atoms with van der Waals surface area (Å²) in [7, 11) is 5.98. The third kappa shape index (κ3) is 4.07. The van der Waals surface area contributed by atoms with Crippen molar-refractivity contribution >= 4 is 42.2 Å². The van der Waals surface area contributed by atoms with Gasteiger partial charge in [-0.05, 0) is 41.5 Å². The molecule has 1 heterocycles. The first kappa shape index (κ1) is 20.1. The second-order valence-corrected chi connectivity index (χ2v) is 7.72. The van der Waals surface area contributed by atoms with Gasteiger partial charge in [0.25, 0.3) is 0 Å². The number of rotatable bonds is 5. The fraction of sp³-hybridized carbons (Fsp3) is 0.125. The molecule has 0 saturated carbocycles. The lowest BCUT2D eigenvalue weighted by Gasteiger charge is -2.18. The zero-order valence-electron chi connectivity index (χ0n) is 16.3. The molecular weight excluding hydrogens is 395 g/mol. The Balaban J connectivity index is 1.58. The van der Waals surface area contributed by atoms with Gasteiger partial charge in [0.05, 0.1) is 5.02 Å². The molecule has 6 heteroatoms. The molecule has 3 aromatic rings. The number of nitrogens with two attached hydrogens (primary N) is 1. The van der Waals surface area contributed by atoms with Crippen molar-refractivity contribution in [2.24, 2.45) is 5.73 Å². The van der Waals surface area contributed by atoms with E-state index in [9.17, 15) is 4.79 Å². The molecule has 4 rings (SSSR count). The van der Waals surface area contributed by atoms with Gasteiger partial charge in [0.2, 0.25) is 5.91 Å². The SMILES string of the molecule is [B]c1ccccc1Oc1cc([C@H]2CC(=O)N(c3cccc(C(=C)N)c3)C2)ccc1Cl. The van der Waals surface area contributed by atoms with Crippen molar-refractivity contribution in [3.8, 4) is 11.5 Å². The normalized spacial score (nSPS) is 16.0. The number of para-hydroxylation sites is 1. The van der Waals surface area contributed by atoms with Crippen LogP contribution in [0.1, 0.15) is 23.5 Å². The van der Waals surface area contributed by atoms with Crippen LogP contribution < -0.4 is 20.8 Å². The minimum atomic E-state index is 0.0231. The smallest absolute Gasteiger partial charge is 0.227 e. The van der Waals surface area contributed by atoms with Gasteiger partial charge in [-0.2, -0.15) is 0 Å². The molecule has 0 aliphatic carbocycles. The first-order valence-corrected chi connectivity index (χ1v) is 9.97. The monoisotopic (exact) mass is 414 g/mol. The van der Waals surface area contributed by atoms with Crippen LogP contribution in [0.2, 0.25) is 5.02 Å². The van der Waals surface area contributed by atoms with Crippen molar-refractivity contribution < 1.29 is 9.53 Å². The van der Waals surface area contributed by atoms with Crippen molar-refractivity contribution in [1.82, 2.24) is 0 Å². The van der Waals surface area contributed by atoms with Gasteiger partial charge in [-0.25, -0.2) is 0 Å². The molecule has 0 spiro atoms. The van der Waals surface area contributed by atoms with Gasteiger partial charge >= 0.3 is 0 Å². The standard InChI is InChI=1S/C24H20BClN2O2/c1-15(27)16-5-4-6-19(11-16)28-14-18(13-24(28)29)17-9-10-21(26)23(12-17)30-22-8-3-2-7-20(22)25/h2-12,18H,1,13-14,27H2/t18-/m0/s1. The number of benzene rings is 3. The summed E-state index contributed by atoms with van der Waals surface area (Å²) >= 11 is 6.34. The van der Waals surface area contributed by atoms with E-state index in [-0.39, 0.29) is 11.8 Å². The third-order valence-corrected chi connectivity index (χ3v) is 5.53. The average molecular weight is 415 g/mol. The summed E-state index contributed by atoms with van der Waals surface area (Å²) in [6.45, 7) is 4.34. The van der Waals surface area contributed by atoms with Gasteiger partial charge in [-0.15, -0.1) is 0 Å². The van der Waals surface area contributed by atoms with Crippen molar-refractivity contribution in [3.63, 3.8) is 0 Å². The lowest BCUT2D eigenvalue weighted by Crippen LogP contribution is -2.24. The van der Waals surface area contributed by atoms with Crippen LogP contribution in [0.3, 0.4) is 0 Å². The number of ether oxygens (including phenoxy) is 1. The predicted octanol–water partition coefficient (Wildman–Crippen LogP) is 4.38. The molecular formula is C24H20BClN2O2. The second-order valence-electron chi connectivity index (χ2n) is 7.31. The molecule has 30 heavy (non-hydrogen) atoms. The van der Waals surface area contributed by atoms with Crippen molar-refractivity contribution in [2.45, 2.75) is 12.3 Å². The Morgan fingerprint density at radius 3 is 2.67 bits per heavy atom. The minimum absolute atomic E-state index is 0.0231. The van der Waals surface area contributed by atoms with Crippen molar-refractivity contribution in [1.29, 1.82) is 0 Å². The summed E-state index contributed by atoms with van der Waals surface area (Å²) in [6, 6.07) is 20.4. The quantitative estimate of drug-likeness (QED) is 0.631. The van der Waals surface area contributed by atoms with E-state index in [0.29, 0.717) is 40.6 Å². The fourth-order valence-corrected chi connectivity index (χ4v) is 3.75. The summed E-state index contributed by atoms with van der Waals surface area (Å²) in [5, 5.41) is 0.484. The maximum absolute atomic E-state index is 12.7. The molecule has 0 aromatic heterocycles. The molecule has 2 radical (unpaired) electrons. The van der Waals surface area contributed by atoms with E-state index in [4.69, 9.17) is 29.9 Å². The Kier molecular flexibility index (Phi) is 5.56. The van der Waals surface area contributed by atoms with E-state index in [1.165, 1.54) is 0 Å². The number of halogens is 1. The predicted molar refractivity (Wildman–Crippen MR) is 123 cm³/mol. The molecule has 3 aromatic carbocycles. The first-order chi connectivity index (χ1) is 14.4. The molecule has 148 valence electrons. The van der Waals surface area contributed by atoms with Crippen LogP contribution in [0.25, 0.3) is 5.70 Å². The summed E-state index contributed by atoms with van der Waals surface area (Å²) < 4.78 is 5.94. The number of carbonyl (C=O) groups excluding carboxylic acids is 1. The Bertz CT molecular complexity index is 1130. The van der Waals surface area contributed by atoms with Crippen LogP contribution in [-0.2, 0) is 4.79 Å². The van der Waals surface area contributed by atoms with Gasteiger partial charge in [0, 0.05) is 30.3 Å². The molecule has 1 aliphatic rings. The number of hydrogen-bond acceptors (Lipinski definition) is 3. The maximum Gasteiger partial charge on any atom is 0.227 e. The zero-order chi connectivity index (χ0) is 21.3. The Hall–Kier alpha value is -3.18. The fourth-order valence-electron chi connectivity index (χ4n) is 3.60. The van der Waals surface area contributed by atoms with Gasteiger partial charge in [-0.3, -0.25) is 4.79 Å². The van der Waals surface area contributed by atoms with Crippen molar-refractivity contribution in [3.05, 3.63) is 89.5 Å². The zero-order valence-corrected chi connectivity index (χ0v) is 17.1. The highest BCUT2D eigenvalue weighted by atomic mass is 35.5. The lowest BCUT2D eigenvalue weighted by atomic mass is 9.95. The minimum Gasteiger partial charge on any atom is -0.456 e. The average Bonchev–Trinajstić information content (AvgIpc) is 3.13. The van der Waals surface area contributed by atoms with Crippen LogP contribution >= 0.6 is 11.6 Å². The van der Waals surface area contributed by atoms with Crippen LogP contribution in [-0.4, -0.2) is 20.3 Å². The second kappa shape index (κ2) is 8.29. The summed E-state index contributed by atoms with van der Waals surface area (Å²) in [5.74, 6) is 1.14. The summed E-state index contributed by atoms with van der Waals surface area (Å²) in [6.07, 6.45) is 0.405. The molecule has 1 fully saturated rings. The largest absolute Gasteiger partial charge is 0.456 e. The van der Waals surface area contributed by atoms with E-state index in [1.54, 1.807) is 23.1 Å². The Morgan fingerprint density at radius 2 is 1.90 bits per heavy atom. The van der Waals surface area contributed by atoms with Crippen LogP contribution in [0, 0.1) is 0 Å². The Labute approximate surface area is 182 Å². The number of nitrogens with zero attached hydrogens (tertiary/aromatic N) is 1. The Morgan fingerprint density at radius 1 is 1.10 bits per heavy atom. The molecule has 1 atom stereocenters. The molecule has 1 amide bonds. The van der Waals surface area contributed by atoms with Crippen LogP contribution in [0.4, 0.5) is 5.69 Å². The van der Waals surface area contributed by atoms with Gasteiger partial charge in [0.1, 0.15) is 19.3 Å².